The van der Waals surface area contributed by atoms with Gasteiger partial charge >= 0.3 is 0 Å². The van der Waals surface area contributed by atoms with E-state index in [4.69, 9.17) is 0 Å². The van der Waals surface area contributed by atoms with E-state index < -0.39 is 0 Å². The van der Waals surface area contributed by atoms with E-state index in [0.29, 0.717) is 10.4 Å². The summed E-state index contributed by atoms with van der Waals surface area (Å²) in [5.74, 6) is 0.0841. The molecule has 0 aromatic heterocycles. The van der Waals surface area contributed by atoms with Crippen molar-refractivity contribution in [3.63, 3.8) is 0 Å². The Morgan fingerprint density at radius 1 is 1.47 bits per heavy atom. The Balaban J connectivity index is 2.29. The number of hydrogen-bond acceptors (Lipinski definition) is 1. The van der Waals surface area contributed by atoms with Crippen LogP contribution in [0, 0.1) is 11.2 Å². The van der Waals surface area contributed by atoms with Gasteiger partial charge in [-0.25, -0.2) is 4.39 Å². The van der Waals surface area contributed by atoms with Crippen molar-refractivity contribution in [2.45, 2.75) is 32.3 Å². The Kier molecular flexibility index (Phi) is 2.63. The molecule has 1 saturated carbocycles. The lowest BCUT2D eigenvalue weighted by Crippen LogP contribution is -2.47. The Morgan fingerprint density at radius 3 is 2.60 bits per heavy atom. The van der Waals surface area contributed by atoms with Crippen LogP contribution in [0.1, 0.15) is 31.7 Å². The quantitative estimate of drug-likeness (QED) is 0.830. The summed E-state index contributed by atoms with van der Waals surface area (Å²) in [5, 5.41) is 9.65. The number of aliphatic hydroxyl groups is 1. The van der Waals surface area contributed by atoms with Crippen molar-refractivity contribution in [1.82, 2.24) is 0 Å². The monoisotopic (exact) mass is 272 g/mol. The maximum atomic E-state index is 13.1. The van der Waals surface area contributed by atoms with Crippen molar-refractivity contribution in [3.05, 3.63) is 34.1 Å². The second-order valence-corrected chi connectivity index (χ2v) is 5.65. The second kappa shape index (κ2) is 3.56. The van der Waals surface area contributed by atoms with Crippen LogP contribution in [0.2, 0.25) is 0 Å². The summed E-state index contributed by atoms with van der Waals surface area (Å²) in [6, 6.07) is 5.09. The molecule has 2 unspecified atom stereocenters. The molecule has 1 aromatic carbocycles. The maximum Gasteiger partial charge on any atom is 0.137 e. The lowest BCUT2D eigenvalue weighted by atomic mass is 9.58. The average molecular weight is 273 g/mol. The minimum atomic E-state index is -0.244. The Hall–Kier alpha value is -0.410. The van der Waals surface area contributed by atoms with E-state index in [1.54, 1.807) is 6.07 Å². The standard InChI is InChI=1S/C12H14BrFO/c1-12(2)8(6-11(12)15)7-3-4-10(14)9(13)5-7/h3-5,8,11,15H,6H2,1-2H3. The van der Waals surface area contributed by atoms with Crippen molar-refractivity contribution < 1.29 is 9.50 Å². The fraction of sp³-hybridized carbons (Fsp3) is 0.500. The van der Waals surface area contributed by atoms with Crippen LogP contribution in [0.25, 0.3) is 0 Å². The van der Waals surface area contributed by atoms with Gasteiger partial charge in [-0.2, -0.15) is 0 Å². The maximum absolute atomic E-state index is 13.1. The van der Waals surface area contributed by atoms with E-state index >= 15 is 0 Å². The second-order valence-electron chi connectivity index (χ2n) is 4.80. The van der Waals surface area contributed by atoms with Crippen molar-refractivity contribution in [2.24, 2.45) is 5.41 Å². The zero-order valence-corrected chi connectivity index (χ0v) is 10.4. The summed E-state index contributed by atoms with van der Waals surface area (Å²) in [5.41, 5.74) is 0.996. The molecular weight excluding hydrogens is 259 g/mol. The molecule has 3 heteroatoms. The highest BCUT2D eigenvalue weighted by Gasteiger charge is 2.47. The fourth-order valence-corrected chi connectivity index (χ4v) is 2.59. The first-order valence-corrected chi connectivity index (χ1v) is 5.85. The summed E-state index contributed by atoms with van der Waals surface area (Å²) in [6.45, 7) is 4.09. The first-order chi connectivity index (χ1) is 6.93. The molecule has 0 spiro atoms. The van der Waals surface area contributed by atoms with Crippen molar-refractivity contribution >= 4 is 15.9 Å². The highest BCUT2D eigenvalue weighted by Crippen LogP contribution is 2.52. The first-order valence-electron chi connectivity index (χ1n) is 5.06. The third kappa shape index (κ3) is 1.72. The summed E-state index contributed by atoms with van der Waals surface area (Å²) in [6.07, 6.45) is 0.525. The van der Waals surface area contributed by atoms with Gasteiger partial charge in [-0.15, -0.1) is 0 Å². The van der Waals surface area contributed by atoms with Gasteiger partial charge in [-0.05, 0) is 51.4 Å². The number of aliphatic hydroxyl groups excluding tert-OH is 1. The molecule has 0 amide bonds. The third-order valence-corrected chi connectivity index (χ3v) is 4.17. The average Bonchev–Trinajstić information content (AvgIpc) is 2.19. The highest BCUT2D eigenvalue weighted by atomic mass is 79.9. The molecule has 1 aliphatic rings. The van der Waals surface area contributed by atoms with Gasteiger partial charge in [0.15, 0.2) is 0 Å². The van der Waals surface area contributed by atoms with Crippen LogP contribution < -0.4 is 0 Å². The largest absolute Gasteiger partial charge is 0.393 e. The molecule has 1 N–H and O–H groups in total. The van der Waals surface area contributed by atoms with Crippen LogP contribution in [0.4, 0.5) is 4.39 Å². The van der Waals surface area contributed by atoms with Gasteiger partial charge in [0.05, 0.1) is 10.6 Å². The van der Waals surface area contributed by atoms with Gasteiger partial charge in [0.1, 0.15) is 5.82 Å². The van der Waals surface area contributed by atoms with E-state index in [1.807, 2.05) is 19.9 Å². The SMILES string of the molecule is CC1(C)C(O)CC1c1ccc(F)c(Br)c1. The Bertz CT molecular complexity index is 389. The number of hydrogen-bond donors (Lipinski definition) is 1. The molecule has 2 rings (SSSR count). The third-order valence-electron chi connectivity index (χ3n) is 3.56. The molecule has 15 heavy (non-hydrogen) atoms. The topological polar surface area (TPSA) is 20.2 Å². The van der Waals surface area contributed by atoms with Crippen LogP contribution in [0.15, 0.2) is 22.7 Å². The van der Waals surface area contributed by atoms with Crippen LogP contribution >= 0.6 is 15.9 Å². The van der Waals surface area contributed by atoms with Gasteiger partial charge in [0.2, 0.25) is 0 Å². The van der Waals surface area contributed by atoms with Gasteiger partial charge < -0.3 is 5.11 Å². The van der Waals surface area contributed by atoms with Gasteiger partial charge in [0, 0.05) is 0 Å². The van der Waals surface area contributed by atoms with E-state index in [-0.39, 0.29) is 17.3 Å². The zero-order chi connectivity index (χ0) is 11.2. The van der Waals surface area contributed by atoms with Crippen LogP contribution in [0.3, 0.4) is 0 Å². The van der Waals surface area contributed by atoms with Gasteiger partial charge in [0.25, 0.3) is 0 Å². The number of halogens is 2. The molecule has 82 valence electrons. The van der Waals surface area contributed by atoms with E-state index in [2.05, 4.69) is 15.9 Å². The van der Waals surface area contributed by atoms with Crippen molar-refractivity contribution in [3.8, 4) is 0 Å². The summed E-state index contributed by atoms with van der Waals surface area (Å²) < 4.78 is 13.6. The minimum Gasteiger partial charge on any atom is -0.393 e. The minimum absolute atomic E-state index is 0.0999. The first kappa shape index (κ1) is 11.1. The zero-order valence-electron chi connectivity index (χ0n) is 8.80. The molecule has 0 radical (unpaired) electrons. The predicted octanol–water partition coefficient (Wildman–Crippen LogP) is 3.46. The molecule has 1 fully saturated rings. The summed E-state index contributed by atoms with van der Waals surface area (Å²) >= 11 is 3.18. The van der Waals surface area contributed by atoms with Crippen LogP contribution in [-0.4, -0.2) is 11.2 Å². The summed E-state index contributed by atoms with van der Waals surface area (Å²) in [4.78, 5) is 0. The molecule has 1 nitrogen and oxygen atoms in total. The van der Waals surface area contributed by atoms with Crippen LogP contribution in [0.5, 0.6) is 0 Å². The van der Waals surface area contributed by atoms with Crippen LogP contribution in [-0.2, 0) is 0 Å². The summed E-state index contributed by atoms with van der Waals surface area (Å²) in [7, 11) is 0. The number of rotatable bonds is 1. The van der Waals surface area contributed by atoms with E-state index in [1.165, 1.54) is 6.07 Å². The van der Waals surface area contributed by atoms with Gasteiger partial charge in [-0.3, -0.25) is 0 Å². The molecule has 0 bridgehead atoms. The van der Waals surface area contributed by atoms with Gasteiger partial charge in [-0.1, -0.05) is 19.9 Å². The predicted molar refractivity (Wildman–Crippen MR) is 61.2 cm³/mol. The lowest BCUT2D eigenvalue weighted by molar-refractivity contribution is -0.0625. The Labute approximate surface area is 97.4 Å². The molecule has 1 aliphatic carbocycles. The highest BCUT2D eigenvalue weighted by molar-refractivity contribution is 9.10. The lowest BCUT2D eigenvalue weighted by Gasteiger charge is -2.49. The number of benzene rings is 1. The Morgan fingerprint density at radius 2 is 2.13 bits per heavy atom. The molecule has 0 aliphatic heterocycles. The molecule has 1 aromatic rings. The normalized spacial score (nSPS) is 28.6. The molecule has 0 saturated heterocycles. The van der Waals surface area contributed by atoms with Crippen molar-refractivity contribution in [1.29, 1.82) is 0 Å². The smallest absolute Gasteiger partial charge is 0.137 e. The van der Waals surface area contributed by atoms with E-state index in [0.717, 1.165) is 12.0 Å². The molecular formula is C12H14BrFO. The van der Waals surface area contributed by atoms with Crippen molar-refractivity contribution in [2.75, 3.05) is 0 Å². The fourth-order valence-electron chi connectivity index (χ4n) is 2.20. The van der Waals surface area contributed by atoms with E-state index in [9.17, 15) is 9.50 Å². The molecule has 0 heterocycles. The molecule has 2 atom stereocenters.